The van der Waals surface area contributed by atoms with Gasteiger partial charge in [0.1, 0.15) is 12.1 Å². The zero-order valence-electron chi connectivity index (χ0n) is 10.2. The normalized spacial score (nSPS) is 27.7. The number of anilines is 1. The first-order valence-electron chi connectivity index (χ1n) is 6.50. The molecular weight excluding hydrogens is 244 g/mol. The van der Waals surface area contributed by atoms with Crippen LogP contribution in [0.5, 0.6) is 0 Å². The van der Waals surface area contributed by atoms with Gasteiger partial charge in [-0.25, -0.2) is 9.97 Å². The van der Waals surface area contributed by atoms with Crippen molar-refractivity contribution < 1.29 is 0 Å². The van der Waals surface area contributed by atoms with E-state index in [2.05, 4.69) is 31.6 Å². The zero-order valence-corrected chi connectivity index (χ0v) is 11.0. The van der Waals surface area contributed by atoms with Gasteiger partial charge in [-0.05, 0) is 30.8 Å². The summed E-state index contributed by atoms with van der Waals surface area (Å²) < 4.78 is 1.24. The highest BCUT2D eigenvalue weighted by molar-refractivity contribution is 7.17. The Balaban J connectivity index is 1.70. The van der Waals surface area contributed by atoms with Crippen LogP contribution < -0.4 is 10.2 Å². The van der Waals surface area contributed by atoms with Crippen molar-refractivity contribution in [1.29, 1.82) is 0 Å². The Hall–Kier alpha value is -1.20. The van der Waals surface area contributed by atoms with Gasteiger partial charge in [0.05, 0.1) is 10.2 Å². The second-order valence-electron chi connectivity index (χ2n) is 5.43. The van der Waals surface area contributed by atoms with E-state index in [4.69, 9.17) is 0 Å². The molecule has 4 nitrogen and oxygen atoms in total. The summed E-state index contributed by atoms with van der Waals surface area (Å²) in [6, 6.07) is 2.08. The quantitative estimate of drug-likeness (QED) is 0.850. The van der Waals surface area contributed by atoms with E-state index < -0.39 is 0 Å². The maximum Gasteiger partial charge on any atom is 0.150 e. The van der Waals surface area contributed by atoms with Crippen molar-refractivity contribution in [3.05, 3.63) is 17.8 Å². The first-order chi connectivity index (χ1) is 8.86. The van der Waals surface area contributed by atoms with Gasteiger partial charge < -0.3 is 10.2 Å². The van der Waals surface area contributed by atoms with Gasteiger partial charge in [-0.2, -0.15) is 0 Å². The van der Waals surface area contributed by atoms with Crippen molar-refractivity contribution in [3.8, 4) is 0 Å². The molecule has 2 aromatic heterocycles. The van der Waals surface area contributed by atoms with Crippen LogP contribution >= 0.6 is 11.3 Å². The predicted octanol–water partition coefficient (Wildman–Crippen LogP) is 1.88. The minimum atomic E-state index is 0.495. The molecule has 2 fully saturated rings. The van der Waals surface area contributed by atoms with Crippen molar-refractivity contribution >= 4 is 27.4 Å². The van der Waals surface area contributed by atoms with E-state index in [1.807, 2.05) is 0 Å². The Kier molecular flexibility index (Phi) is 2.32. The molecule has 5 heteroatoms. The third-order valence-electron chi connectivity index (χ3n) is 4.29. The summed E-state index contributed by atoms with van der Waals surface area (Å²) >= 11 is 1.75. The van der Waals surface area contributed by atoms with Crippen LogP contribution in [0, 0.1) is 5.41 Å². The lowest BCUT2D eigenvalue weighted by Gasteiger charge is -2.23. The number of nitrogens with one attached hydrogen (secondary N) is 1. The van der Waals surface area contributed by atoms with Gasteiger partial charge in [-0.15, -0.1) is 11.3 Å². The molecule has 2 aliphatic rings. The predicted molar refractivity (Wildman–Crippen MR) is 74.2 cm³/mol. The number of nitrogens with zero attached hydrogens (tertiary/aromatic N) is 3. The molecule has 0 aliphatic carbocycles. The second kappa shape index (κ2) is 3.90. The highest BCUT2D eigenvalue weighted by atomic mass is 32.1. The Morgan fingerprint density at radius 3 is 3.22 bits per heavy atom. The van der Waals surface area contributed by atoms with Gasteiger partial charge >= 0.3 is 0 Å². The van der Waals surface area contributed by atoms with E-state index in [0.717, 1.165) is 24.4 Å². The molecule has 2 saturated heterocycles. The van der Waals surface area contributed by atoms with Crippen LogP contribution in [0.1, 0.15) is 12.8 Å². The molecule has 2 aromatic rings. The number of aromatic nitrogens is 2. The number of fused-ring (bicyclic) bond motifs is 1. The van der Waals surface area contributed by atoms with Gasteiger partial charge in [-0.3, -0.25) is 0 Å². The average molecular weight is 260 g/mol. The summed E-state index contributed by atoms with van der Waals surface area (Å²) in [5.41, 5.74) is 1.57. The Morgan fingerprint density at radius 2 is 2.33 bits per heavy atom. The first-order valence-corrected chi connectivity index (χ1v) is 7.38. The van der Waals surface area contributed by atoms with Crippen LogP contribution in [-0.4, -0.2) is 36.1 Å². The van der Waals surface area contributed by atoms with Crippen LogP contribution in [0.25, 0.3) is 10.2 Å². The van der Waals surface area contributed by atoms with Gasteiger partial charge in [-0.1, -0.05) is 0 Å². The Bertz CT molecular complexity index is 573. The molecule has 2 aliphatic heterocycles. The molecule has 4 rings (SSSR count). The molecule has 4 heterocycles. The van der Waals surface area contributed by atoms with Gasteiger partial charge in [0.15, 0.2) is 0 Å². The van der Waals surface area contributed by atoms with Crippen LogP contribution in [0.3, 0.4) is 0 Å². The molecule has 1 N–H and O–H groups in total. The maximum atomic E-state index is 4.52. The lowest BCUT2D eigenvalue weighted by atomic mass is 9.87. The number of rotatable bonds is 1. The van der Waals surface area contributed by atoms with Crippen LogP contribution in [-0.2, 0) is 0 Å². The van der Waals surface area contributed by atoms with Gasteiger partial charge in [0.2, 0.25) is 0 Å². The summed E-state index contributed by atoms with van der Waals surface area (Å²) in [5, 5.41) is 5.61. The van der Waals surface area contributed by atoms with Crippen LogP contribution in [0.15, 0.2) is 17.8 Å². The van der Waals surface area contributed by atoms with Crippen molar-refractivity contribution in [2.75, 3.05) is 31.1 Å². The summed E-state index contributed by atoms with van der Waals surface area (Å²) in [6.45, 7) is 4.61. The molecule has 94 valence electrons. The fourth-order valence-corrected chi connectivity index (χ4v) is 4.12. The highest BCUT2D eigenvalue weighted by Gasteiger charge is 2.41. The molecule has 0 radical (unpaired) electrons. The van der Waals surface area contributed by atoms with Crippen molar-refractivity contribution in [2.45, 2.75) is 12.8 Å². The summed E-state index contributed by atoms with van der Waals surface area (Å²) in [6.07, 6.45) is 4.29. The Morgan fingerprint density at radius 1 is 1.33 bits per heavy atom. The van der Waals surface area contributed by atoms with Crippen molar-refractivity contribution in [3.63, 3.8) is 0 Å². The van der Waals surface area contributed by atoms with E-state index >= 15 is 0 Å². The van der Waals surface area contributed by atoms with E-state index in [1.165, 1.54) is 30.6 Å². The number of hydrogen-bond acceptors (Lipinski definition) is 5. The summed E-state index contributed by atoms with van der Waals surface area (Å²) in [5.74, 6) is 1.14. The minimum Gasteiger partial charge on any atom is -0.355 e. The smallest absolute Gasteiger partial charge is 0.150 e. The zero-order chi connectivity index (χ0) is 12.0. The molecular formula is C13H16N4S. The van der Waals surface area contributed by atoms with Crippen molar-refractivity contribution in [2.24, 2.45) is 5.41 Å². The number of thiophene rings is 1. The average Bonchev–Trinajstić information content (AvgIpc) is 3.11. The molecule has 1 unspecified atom stereocenters. The maximum absolute atomic E-state index is 4.52. The first kappa shape index (κ1) is 10.7. The SMILES string of the molecule is c1nc(N2CCC3(CCNC3)C2)c2sccc2n1. The standard InChI is InChI=1S/C13H16N4S/c1-6-18-11-10(1)15-9-16-12(11)17-5-3-13(8-17)2-4-14-7-13/h1,6,9,14H,2-5,7-8H2. The van der Waals surface area contributed by atoms with Gasteiger partial charge in [0.25, 0.3) is 0 Å². The molecule has 1 spiro atoms. The van der Waals surface area contributed by atoms with Crippen LogP contribution in [0.2, 0.25) is 0 Å². The monoisotopic (exact) mass is 260 g/mol. The summed E-state index contributed by atoms with van der Waals surface area (Å²) in [4.78, 5) is 11.3. The van der Waals surface area contributed by atoms with E-state index in [0.29, 0.717) is 5.41 Å². The van der Waals surface area contributed by atoms with E-state index in [-0.39, 0.29) is 0 Å². The largest absolute Gasteiger partial charge is 0.355 e. The summed E-state index contributed by atoms with van der Waals surface area (Å²) in [7, 11) is 0. The molecule has 1 atom stereocenters. The fourth-order valence-electron chi connectivity index (χ4n) is 3.26. The second-order valence-corrected chi connectivity index (χ2v) is 6.35. The molecule has 0 aromatic carbocycles. The fraction of sp³-hybridized carbons (Fsp3) is 0.538. The van der Waals surface area contributed by atoms with Crippen LogP contribution in [0.4, 0.5) is 5.82 Å². The Labute approximate surface area is 110 Å². The van der Waals surface area contributed by atoms with Crippen molar-refractivity contribution in [1.82, 2.24) is 15.3 Å². The molecule has 0 saturated carbocycles. The molecule has 18 heavy (non-hydrogen) atoms. The van der Waals surface area contributed by atoms with E-state index in [9.17, 15) is 0 Å². The topological polar surface area (TPSA) is 41.1 Å². The molecule has 0 bridgehead atoms. The highest BCUT2D eigenvalue weighted by Crippen LogP contribution is 2.39. The van der Waals surface area contributed by atoms with E-state index in [1.54, 1.807) is 17.7 Å². The lowest BCUT2D eigenvalue weighted by molar-refractivity contribution is 0.369. The number of hydrogen-bond donors (Lipinski definition) is 1. The third-order valence-corrected chi connectivity index (χ3v) is 5.19. The van der Waals surface area contributed by atoms with Gasteiger partial charge in [0, 0.05) is 25.0 Å². The molecule has 0 amide bonds. The minimum absolute atomic E-state index is 0.495. The lowest BCUT2D eigenvalue weighted by Crippen LogP contribution is -2.29. The third kappa shape index (κ3) is 1.54.